The van der Waals surface area contributed by atoms with E-state index in [0.29, 0.717) is 18.7 Å². The lowest BCUT2D eigenvalue weighted by Gasteiger charge is -2.00. The second kappa shape index (κ2) is 5.98. The number of ether oxygens (including phenoxy) is 1. The summed E-state index contributed by atoms with van der Waals surface area (Å²) >= 11 is 0. The first-order valence-electron chi connectivity index (χ1n) is 4.59. The molecule has 0 fully saturated rings. The van der Waals surface area contributed by atoms with Crippen LogP contribution in [0.15, 0.2) is 28.5 Å². The van der Waals surface area contributed by atoms with Gasteiger partial charge in [0.1, 0.15) is 6.26 Å². The SMILES string of the molecule is COC(=O)/C(C)=C/CNCc1ccon1. The Kier molecular flexibility index (Phi) is 4.56. The molecule has 15 heavy (non-hydrogen) atoms. The molecule has 1 heterocycles. The number of nitrogens with one attached hydrogen (secondary N) is 1. The van der Waals surface area contributed by atoms with E-state index in [2.05, 4.69) is 19.7 Å². The highest BCUT2D eigenvalue weighted by Gasteiger charge is 2.01. The van der Waals surface area contributed by atoms with E-state index >= 15 is 0 Å². The molecule has 0 aliphatic heterocycles. The van der Waals surface area contributed by atoms with Crippen LogP contribution in [-0.4, -0.2) is 24.8 Å². The molecule has 82 valence electrons. The second-order valence-corrected chi connectivity index (χ2v) is 3.00. The number of hydrogen-bond donors (Lipinski definition) is 1. The van der Waals surface area contributed by atoms with E-state index in [1.54, 1.807) is 19.1 Å². The molecule has 1 aromatic heterocycles. The van der Waals surface area contributed by atoms with Crippen LogP contribution in [0.25, 0.3) is 0 Å². The Morgan fingerprint density at radius 1 is 1.73 bits per heavy atom. The fraction of sp³-hybridized carbons (Fsp3) is 0.400. The van der Waals surface area contributed by atoms with Crippen molar-refractivity contribution in [1.82, 2.24) is 10.5 Å². The monoisotopic (exact) mass is 210 g/mol. The van der Waals surface area contributed by atoms with Crippen molar-refractivity contribution in [3.05, 3.63) is 29.7 Å². The summed E-state index contributed by atoms with van der Waals surface area (Å²) in [6.45, 7) is 2.92. The van der Waals surface area contributed by atoms with Crippen LogP contribution in [0.2, 0.25) is 0 Å². The van der Waals surface area contributed by atoms with Gasteiger partial charge in [-0.05, 0) is 6.92 Å². The van der Waals surface area contributed by atoms with E-state index in [-0.39, 0.29) is 5.97 Å². The average Bonchev–Trinajstić information content (AvgIpc) is 2.75. The molecule has 5 nitrogen and oxygen atoms in total. The van der Waals surface area contributed by atoms with E-state index in [9.17, 15) is 4.79 Å². The summed E-state index contributed by atoms with van der Waals surface area (Å²) in [6.07, 6.45) is 3.29. The maximum absolute atomic E-state index is 11.0. The number of rotatable bonds is 5. The highest BCUT2D eigenvalue weighted by molar-refractivity contribution is 5.87. The van der Waals surface area contributed by atoms with Crippen molar-refractivity contribution in [3.63, 3.8) is 0 Å². The summed E-state index contributed by atoms with van der Waals surface area (Å²) in [5, 5.41) is 6.83. The lowest BCUT2D eigenvalue weighted by atomic mass is 10.3. The Hall–Kier alpha value is -1.62. The largest absolute Gasteiger partial charge is 0.466 e. The van der Waals surface area contributed by atoms with E-state index in [1.165, 1.54) is 13.4 Å². The molecule has 0 aromatic carbocycles. The zero-order valence-electron chi connectivity index (χ0n) is 8.82. The van der Waals surface area contributed by atoms with Crippen molar-refractivity contribution in [2.75, 3.05) is 13.7 Å². The molecule has 1 aromatic rings. The van der Waals surface area contributed by atoms with E-state index < -0.39 is 0 Å². The normalized spacial score (nSPS) is 11.5. The first-order valence-corrected chi connectivity index (χ1v) is 4.59. The van der Waals surface area contributed by atoms with E-state index in [1.807, 2.05) is 0 Å². The molecule has 1 rings (SSSR count). The quantitative estimate of drug-likeness (QED) is 0.444. The Morgan fingerprint density at radius 3 is 3.13 bits per heavy atom. The lowest BCUT2D eigenvalue weighted by Crippen LogP contribution is -2.14. The molecule has 0 saturated heterocycles. The summed E-state index contributed by atoms with van der Waals surface area (Å²) in [7, 11) is 1.36. The van der Waals surface area contributed by atoms with Gasteiger partial charge < -0.3 is 14.6 Å². The van der Waals surface area contributed by atoms with E-state index in [0.717, 1.165) is 5.69 Å². The number of carbonyl (C=O) groups is 1. The van der Waals surface area contributed by atoms with Gasteiger partial charge in [0, 0.05) is 24.7 Å². The minimum atomic E-state index is -0.307. The number of esters is 1. The minimum Gasteiger partial charge on any atom is -0.466 e. The van der Waals surface area contributed by atoms with Crippen LogP contribution >= 0.6 is 0 Å². The van der Waals surface area contributed by atoms with Gasteiger partial charge >= 0.3 is 5.97 Å². The van der Waals surface area contributed by atoms with E-state index in [4.69, 9.17) is 0 Å². The molecule has 0 saturated carbocycles. The average molecular weight is 210 g/mol. The highest BCUT2D eigenvalue weighted by Crippen LogP contribution is 1.95. The third-order valence-electron chi connectivity index (χ3n) is 1.86. The molecular weight excluding hydrogens is 196 g/mol. The van der Waals surface area contributed by atoms with Crippen LogP contribution in [0.3, 0.4) is 0 Å². The fourth-order valence-electron chi connectivity index (χ4n) is 0.999. The first kappa shape index (κ1) is 11.5. The molecule has 0 bridgehead atoms. The van der Waals surface area contributed by atoms with Gasteiger partial charge in [0.05, 0.1) is 12.8 Å². The van der Waals surface area contributed by atoms with Crippen LogP contribution in [0, 0.1) is 0 Å². The lowest BCUT2D eigenvalue weighted by molar-refractivity contribution is -0.136. The van der Waals surface area contributed by atoms with Gasteiger partial charge in [-0.2, -0.15) is 0 Å². The third-order valence-corrected chi connectivity index (χ3v) is 1.86. The standard InChI is InChI=1S/C10H14N2O3/c1-8(10(13)14-2)3-5-11-7-9-4-6-15-12-9/h3-4,6,11H,5,7H2,1-2H3/b8-3+. The Morgan fingerprint density at radius 2 is 2.53 bits per heavy atom. The number of aromatic nitrogens is 1. The van der Waals surface area contributed by atoms with Gasteiger partial charge in [-0.3, -0.25) is 0 Å². The van der Waals surface area contributed by atoms with Crippen molar-refractivity contribution in [2.24, 2.45) is 0 Å². The highest BCUT2D eigenvalue weighted by atomic mass is 16.5. The molecule has 0 aliphatic carbocycles. The fourth-order valence-corrected chi connectivity index (χ4v) is 0.999. The van der Waals surface area contributed by atoms with Crippen LogP contribution in [0.4, 0.5) is 0 Å². The molecule has 1 N–H and O–H groups in total. The molecule has 0 spiro atoms. The molecule has 0 radical (unpaired) electrons. The molecule has 5 heteroatoms. The smallest absolute Gasteiger partial charge is 0.333 e. The predicted molar refractivity (Wildman–Crippen MR) is 54.0 cm³/mol. The van der Waals surface area contributed by atoms with Crippen molar-refractivity contribution in [1.29, 1.82) is 0 Å². The molecule has 0 aliphatic rings. The number of nitrogens with zero attached hydrogens (tertiary/aromatic N) is 1. The van der Waals surface area contributed by atoms with Crippen molar-refractivity contribution >= 4 is 5.97 Å². The number of methoxy groups -OCH3 is 1. The Bertz CT molecular complexity index is 330. The summed E-state index contributed by atoms with van der Waals surface area (Å²) < 4.78 is 9.22. The molecule has 0 unspecified atom stereocenters. The summed E-state index contributed by atoms with van der Waals surface area (Å²) in [6, 6.07) is 1.78. The first-order chi connectivity index (χ1) is 7.24. The van der Waals surface area contributed by atoms with Gasteiger partial charge in [0.25, 0.3) is 0 Å². The zero-order chi connectivity index (χ0) is 11.1. The molecular formula is C10H14N2O3. The summed E-state index contributed by atoms with van der Waals surface area (Å²) in [5.41, 5.74) is 1.42. The van der Waals surface area contributed by atoms with Crippen LogP contribution in [-0.2, 0) is 16.1 Å². The van der Waals surface area contributed by atoms with Crippen molar-refractivity contribution in [3.8, 4) is 0 Å². The van der Waals surface area contributed by atoms with Crippen LogP contribution in [0.1, 0.15) is 12.6 Å². The second-order valence-electron chi connectivity index (χ2n) is 3.00. The zero-order valence-corrected chi connectivity index (χ0v) is 8.82. The van der Waals surface area contributed by atoms with Crippen molar-refractivity contribution < 1.29 is 14.1 Å². The Labute approximate surface area is 88.1 Å². The molecule has 0 amide bonds. The van der Waals surface area contributed by atoms with Gasteiger partial charge in [0.2, 0.25) is 0 Å². The number of hydrogen-bond acceptors (Lipinski definition) is 5. The van der Waals surface area contributed by atoms with Gasteiger partial charge in [-0.15, -0.1) is 0 Å². The predicted octanol–water partition coefficient (Wildman–Crippen LogP) is 0.883. The topological polar surface area (TPSA) is 64.4 Å². The van der Waals surface area contributed by atoms with Gasteiger partial charge in [0.15, 0.2) is 0 Å². The Balaban J connectivity index is 2.24. The third kappa shape index (κ3) is 3.95. The number of carbonyl (C=O) groups excluding carboxylic acids is 1. The minimum absolute atomic E-state index is 0.307. The van der Waals surface area contributed by atoms with Gasteiger partial charge in [-0.1, -0.05) is 11.2 Å². The maximum atomic E-state index is 11.0. The van der Waals surface area contributed by atoms with Gasteiger partial charge in [-0.25, -0.2) is 4.79 Å². The molecule has 0 atom stereocenters. The summed E-state index contributed by atoms with van der Waals surface area (Å²) in [4.78, 5) is 11.0. The van der Waals surface area contributed by atoms with Crippen LogP contribution in [0.5, 0.6) is 0 Å². The van der Waals surface area contributed by atoms with Crippen LogP contribution < -0.4 is 5.32 Å². The summed E-state index contributed by atoms with van der Waals surface area (Å²) in [5.74, 6) is -0.307. The maximum Gasteiger partial charge on any atom is 0.333 e. The van der Waals surface area contributed by atoms with Crippen molar-refractivity contribution in [2.45, 2.75) is 13.5 Å².